The molecule has 9 nitrogen and oxygen atoms in total. The smallest absolute Gasteiger partial charge is 0.320 e. The number of aliphatic hydroxyl groups excluding tert-OH is 5. The fourth-order valence-electron chi connectivity index (χ4n) is 1.25. The molecule has 0 atom stereocenters. The van der Waals surface area contributed by atoms with Gasteiger partial charge < -0.3 is 35.0 Å². The van der Waals surface area contributed by atoms with Gasteiger partial charge >= 0.3 is 11.9 Å². The minimum Gasteiger partial charge on any atom is -0.468 e. The molecule has 118 valence electrons. The van der Waals surface area contributed by atoms with Gasteiger partial charge in [0.25, 0.3) is 0 Å². The Hall–Kier alpha value is -1.26. The second kappa shape index (κ2) is 8.12. The van der Waals surface area contributed by atoms with Gasteiger partial charge in [-0.05, 0) is 0 Å². The Labute approximate surface area is 115 Å². The van der Waals surface area contributed by atoms with Crippen molar-refractivity contribution in [2.75, 3.05) is 46.8 Å². The molecular formula is C11H20O9. The third-order valence-electron chi connectivity index (χ3n) is 3.04. The highest BCUT2D eigenvalue weighted by atomic mass is 16.6. The zero-order valence-electron chi connectivity index (χ0n) is 11.1. The molecule has 0 radical (unpaired) electrons. The minimum absolute atomic E-state index is 0.729. The molecule has 0 saturated carbocycles. The molecule has 0 aromatic heterocycles. The Morgan fingerprint density at radius 1 is 0.800 bits per heavy atom. The Balaban J connectivity index is 4.96. The van der Waals surface area contributed by atoms with Crippen LogP contribution in [-0.2, 0) is 19.1 Å². The largest absolute Gasteiger partial charge is 0.468 e. The van der Waals surface area contributed by atoms with Gasteiger partial charge in [0.15, 0.2) is 0 Å². The molecule has 0 bridgehead atoms. The molecule has 0 saturated heterocycles. The molecule has 20 heavy (non-hydrogen) atoms. The van der Waals surface area contributed by atoms with Gasteiger partial charge in [0.2, 0.25) is 0 Å². The number of methoxy groups -OCH3 is 1. The minimum atomic E-state index is -1.92. The van der Waals surface area contributed by atoms with Crippen molar-refractivity contribution in [3.63, 3.8) is 0 Å². The summed E-state index contributed by atoms with van der Waals surface area (Å²) in [5.41, 5.74) is -3.77. The van der Waals surface area contributed by atoms with Crippen LogP contribution >= 0.6 is 0 Å². The van der Waals surface area contributed by atoms with Gasteiger partial charge in [-0.25, -0.2) is 0 Å². The summed E-state index contributed by atoms with van der Waals surface area (Å²) in [5, 5.41) is 45.4. The lowest BCUT2D eigenvalue weighted by Gasteiger charge is -2.29. The average Bonchev–Trinajstić information content (AvgIpc) is 2.50. The van der Waals surface area contributed by atoms with Crippen molar-refractivity contribution in [3.05, 3.63) is 0 Å². The molecular weight excluding hydrogens is 276 g/mol. The van der Waals surface area contributed by atoms with Gasteiger partial charge in [-0.3, -0.25) is 9.59 Å². The monoisotopic (exact) mass is 296 g/mol. The van der Waals surface area contributed by atoms with Gasteiger partial charge in [0.05, 0.1) is 40.1 Å². The maximum Gasteiger partial charge on any atom is 0.320 e. The standard InChI is InChI=1S/C11H20O9/c1-19-8(17)11(5-15,6-16)7-20-9(18)10(2-12,3-13)4-14/h12-16H,2-7H2,1H3. The number of ether oxygens (including phenoxy) is 2. The number of hydrogen-bond acceptors (Lipinski definition) is 9. The summed E-state index contributed by atoms with van der Waals surface area (Å²) in [5.74, 6) is -2.15. The van der Waals surface area contributed by atoms with Gasteiger partial charge in [0, 0.05) is 0 Å². The second-order valence-electron chi connectivity index (χ2n) is 4.42. The summed E-state index contributed by atoms with van der Waals surface area (Å²) in [6.07, 6.45) is 0. The number of carbonyl (C=O) groups excluding carboxylic acids is 2. The van der Waals surface area contributed by atoms with Crippen molar-refractivity contribution in [1.29, 1.82) is 0 Å². The zero-order valence-corrected chi connectivity index (χ0v) is 11.1. The topological polar surface area (TPSA) is 154 Å². The summed E-state index contributed by atoms with van der Waals surface area (Å²) >= 11 is 0. The molecule has 0 aromatic rings. The first-order valence-corrected chi connectivity index (χ1v) is 5.72. The molecule has 9 heteroatoms. The fraction of sp³-hybridized carbons (Fsp3) is 0.818. The molecule has 0 unspecified atom stereocenters. The van der Waals surface area contributed by atoms with Crippen molar-refractivity contribution in [2.24, 2.45) is 10.8 Å². The van der Waals surface area contributed by atoms with Crippen molar-refractivity contribution in [2.45, 2.75) is 0 Å². The molecule has 0 aliphatic carbocycles. The Bertz CT molecular complexity index is 312. The molecule has 0 amide bonds. The van der Waals surface area contributed by atoms with E-state index < -0.39 is 62.4 Å². The lowest BCUT2D eigenvalue weighted by molar-refractivity contribution is -0.178. The number of esters is 2. The van der Waals surface area contributed by atoms with E-state index in [2.05, 4.69) is 4.74 Å². The SMILES string of the molecule is COC(=O)C(CO)(CO)COC(=O)C(CO)(CO)CO. The van der Waals surface area contributed by atoms with E-state index >= 15 is 0 Å². The first-order chi connectivity index (χ1) is 9.41. The van der Waals surface area contributed by atoms with Crippen LogP contribution in [0.15, 0.2) is 0 Å². The van der Waals surface area contributed by atoms with Crippen molar-refractivity contribution in [3.8, 4) is 0 Å². The number of carbonyl (C=O) groups is 2. The first kappa shape index (κ1) is 18.7. The van der Waals surface area contributed by atoms with E-state index in [1.165, 1.54) is 0 Å². The summed E-state index contributed by atoms with van der Waals surface area (Å²) in [7, 11) is 1.03. The van der Waals surface area contributed by atoms with E-state index in [-0.39, 0.29) is 0 Å². The van der Waals surface area contributed by atoms with Crippen LogP contribution in [0.2, 0.25) is 0 Å². The lowest BCUT2D eigenvalue weighted by atomic mass is 9.89. The number of rotatable bonds is 9. The van der Waals surface area contributed by atoms with Crippen LogP contribution in [0, 0.1) is 10.8 Å². The normalized spacial score (nSPS) is 12.1. The van der Waals surface area contributed by atoms with Crippen LogP contribution in [0.4, 0.5) is 0 Å². The molecule has 5 N–H and O–H groups in total. The predicted molar refractivity (Wildman–Crippen MR) is 63.3 cm³/mol. The van der Waals surface area contributed by atoms with Crippen molar-refractivity contribution >= 4 is 11.9 Å². The average molecular weight is 296 g/mol. The maximum atomic E-state index is 11.7. The predicted octanol–water partition coefficient (Wildman–Crippen LogP) is -3.36. The van der Waals surface area contributed by atoms with Crippen LogP contribution in [0.1, 0.15) is 0 Å². The van der Waals surface area contributed by atoms with E-state index in [9.17, 15) is 9.59 Å². The second-order valence-corrected chi connectivity index (χ2v) is 4.42. The Morgan fingerprint density at radius 3 is 1.50 bits per heavy atom. The van der Waals surface area contributed by atoms with Crippen LogP contribution in [-0.4, -0.2) is 84.2 Å². The van der Waals surface area contributed by atoms with Crippen LogP contribution in [0.25, 0.3) is 0 Å². The molecule has 0 aromatic carbocycles. The Kier molecular flexibility index (Phi) is 7.61. The highest BCUT2D eigenvalue weighted by molar-refractivity contribution is 5.80. The number of aliphatic hydroxyl groups is 5. The highest BCUT2D eigenvalue weighted by Gasteiger charge is 2.44. The van der Waals surface area contributed by atoms with Crippen LogP contribution in [0.5, 0.6) is 0 Å². The third kappa shape index (κ3) is 3.64. The summed E-state index contributed by atoms with van der Waals surface area (Å²) in [6.45, 7) is -5.03. The maximum absolute atomic E-state index is 11.7. The molecule has 0 aliphatic heterocycles. The van der Waals surface area contributed by atoms with Crippen molar-refractivity contribution < 1.29 is 44.6 Å². The Morgan fingerprint density at radius 2 is 1.20 bits per heavy atom. The summed E-state index contributed by atoms with van der Waals surface area (Å²) < 4.78 is 9.11. The molecule has 0 fully saturated rings. The first-order valence-electron chi connectivity index (χ1n) is 5.72. The van der Waals surface area contributed by atoms with Crippen molar-refractivity contribution in [1.82, 2.24) is 0 Å². The van der Waals surface area contributed by atoms with Gasteiger partial charge in [-0.1, -0.05) is 0 Å². The highest BCUT2D eigenvalue weighted by Crippen LogP contribution is 2.22. The number of hydrogen-bond donors (Lipinski definition) is 5. The van der Waals surface area contributed by atoms with Crippen LogP contribution < -0.4 is 0 Å². The molecule has 0 rings (SSSR count). The molecule has 0 aliphatic rings. The van der Waals surface area contributed by atoms with E-state index in [1.807, 2.05) is 0 Å². The molecule has 0 heterocycles. The molecule has 0 spiro atoms. The van der Waals surface area contributed by atoms with E-state index in [4.69, 9.17) is 30.3 Å². The quantitative estimate of drug-likeness (QED) is 0.274. The van der Waals surface area contributed by atoms with Crippen LogP contribution in [0.3, 0.4) is 0 Å². The summed E-state index contributed by atoms with van der Waals surface area (Å²) in [4.78, 5) is 23.2. The van der Waals surface area contributed by atoms with Gasteiger partial charge in [-0.15, -0.1) is 0 Å². The fourth-order valence-corrected chi connectivity index (χ4v) is 1.25. The van der Waals surface area contributed by atoms with Gasteiger partial charge in [-0.2, -0.15) is 0 Å². The van der Waals surface area contributed by atoms with E-state index in [0.717, 1.165) is 7.11 Å². The van der Waals surface area contributed by atoms with E-state index in [1.54, 1.807) is 0 Å². The lowest BCUT2D eigenvalue weighted by Crippen LogP contribution is -2.48. The third-order valence-corrected chi connectivity index (χ3v) is 3.04. The van der Waals surface area contributed by atoms with Gasteiger partial charge in [0.1, 0.15) is 17.4 Å². The van der Waals surface area contributed by atoms with E-state index in [0.29, 0.717) is 0 Å². The summed E-state index contributed by atoms with van der Waals surface area (Å²) in [6, 6.07) is 0. The zero-order chi connectivity index (χ0) is 15.8.